The number of ether oxygens (including phenoxy) is 1. The Balaban J connectivity index is 1.55. The van der Waals surface area contributed by atoms with Crippen LogP contribution in [0.25, 0.3) is 5.69 Å². The quantitative estimate of drug-likeness (QED) is 0.651. The predicted octanol–water partition coefficient (Wildman–Crippen LogP) is 4.02. The van der Waals surface area contributed by atoms with Crippen molar-refractivity contribution >= 4 is 11.8 Å². The highest BCUT2D eigenvalue weighted by atomic mass is 32.2. The Bertz CT molecular complexity index is 815. The lowest BCUT2D eigenvalue weighted by atomic mass is 10.2. The summed E-state index contributed by atoms with van der Waals surface area (Å²) in [5.41, 5.74) is 3.46. The van der Waals surface area contributed by atoms with E-state index in [1.165, 1.54) is 22.9 Å². The Hall–Kier alpha value is -2.24. The fraction of sp³-hybridized carbons (Fsp3) is 0.250. The van der Waals surface area contributed by atoms with E-state index < -0.39 is 6.10 Å². The number of imidazole rings is 1. The zero-order valence-electron chi connectivity index (χ0n) is 14.4. The van der Waals surface area contributed by atoms with Crippen LogP contribution >= 0.6 is 11.8 Å². The Labute approximate surface area is 152 Å². The Kier molecular flexibility index (Phi) is 5.79. The molecule has 25 heavy (non-hydrogen) atoms. The van der Waals surface area contributed by atoms with Crippen LogP contribution in [0.4, 0.5) is 0 Å². The van der Waals surface area contributed by atoms with Crippen molar-refractivity contribution in [1.82, 2.24) is 9.55 Å². The fourth-order valence-electron chi connectivity index (χ4n) is 2.42. The van der Waals surface area contributed by atoms with Gasteiger partial charge in [0.05, 0.1) is 6.10 Å². The number of nitrogens with zero attached hydrogens (tertiary/aromatic N) is 2. The number of aliphatic hydroxyl groups excluding tert-OH is 1. The number of rotatable bonds is 7. The van der Waals surface area contributed by atoms with Gasteiger partial charge >= 0.3 is 0 Å². The van der Waals surface area contributed by atoms with E-state index in [0.29, 0.717) is 5.75 Å². The molecule has 0 aliphatic rings. The number of aliphatic hydroxyl groups is 1. The summed E-state index contributed by atoms with van der Waals surface area (Å²) in [6, 6.07) is 16.1. The van der Waals surface area contributed by atoms with Crippen LogP contribution < -0.4 is 4.74 Å². The van der Waals surface area contributed by atoms with Gasteiger partial charge in [0.25, 0.3) is 0 Å². The van der Waals surface area contributed by atoms with E-state index >= 15 is 0 Å². The average molecular weight is 354 g/mol. The first kappa shape index (κ1) is 17.6. The first-order chi connectivity index (χ1) is 12.1. The Morgan fingerprint density at radius 3 is 2.68 bits per heavy atom. The largest absolute Gasteiger partial charge is 0.491 e. The van der Waals surface area contributed by atoms with E-state index in [2.05, 4.69) is 30.1 Å². The topological polar surface area (TPSA) is 47.3 Å². The molecule has 0 amide bonds. The Morgan fingerprint density at radius 1 is 1.12 bits per heavy atom. The van der Waals surface area contributed by atoms with Crippen LogP contribution in [0.1, 0.15) is 11.1 Å². The molecule has 1 aromatic heterocycles. The van der Waals surface area contributed by atoms with E-state index in [1.807, 2.05) is 48.0 Å². The lowest BCUT2D eigenvalue weighted by Gasteiger charge is -2.13. The molecule has 3 rings (SSSR count). The van der Waals surface area contributed by atoms with Gasteiger partial charge in [0, 0.05) is 23.8 Å². The minimum atomic E-state index is -0.561. The van der Waals surface area contributed by atoms with E-state index in [-0.39, 0.29) is 6.61 Å². The molecule has 5 heteroatoms. The van der Waals surface area contributed by atoms with E-state index in [4.69, 9.17) is 4.74 Å². The van der Waals surface area contributed by atoms with Crippen molar-refractivity contribution < 1.29 is 9.84 Å². The van der Waals surface area contributed by atoms with Crippen LogP contribution in [0.5, 0.6) is 5.75 Å². The second-order valence-corrected chi connectivity index (χ2v) is 6.99. The van der Waals surface area contributed by atoms with Crippen molar-refractivity contribution in [3.8, 4) is 11.4 Å². The molecule has 0 radical (unpaired) electrons. The van der Waals surface area contributed by atoms with Crippen LogP contribution in [0.2, 0.25) is 0 Å². The highest BCUT2D eigenvalue weighted by molar-refractivity contribution is 7.99. The molecule has 130 valence electrons. The number of hydrogen-bond acceptors (Lipinski definition) is 4. The third-order valence-electron chi connectivity index (χ3n) is 3.75. The molecule has 0 aliphatic heterocycles. The molecule has 3 aromatic rings. The molecule has 2 aromatic carbocycles. The standard InChI is InChI=1S/C20H22N2O2S/c1-15-6-8-19(9-7-15)24-13-18(23)14-25-20-21-10-11-22(20)17-5-3-4-16(2)12-17/h3-12,18,23H,13-14H2,1-2H3. The summed E-state index contributed by atoms with van der Waals surface area (Å²) >= 11 is 1.52. The lowest BCUT2D eigenvalue weighted by Crippen LogP contribution is -2.20. The minimum absolute atomic E-state index is 0.265. The second kappa shape index (κ2) is 8.23. The van der Waals surface area contributed by atoms with Crippen LogP contribution in [0.15, 0.2) is 66.1 Å². The molecule has 1 atom stereocenters. The Morgan fingerprint density at radius 2 is 1.92 bits per heavy atom. The van der Waals surface area contributed by atoms with E-state index in [1.54, 1.807) is 6.20 Å². The van der Waals surface area contributed by atoms with Gasteiger partial charge in [-0.05, 0) is 43.7 Å². The third-order valence-corrected chi connectivity index (χ3v) is 4.87. The van der Waals surface area contributed by atoms with Crippen LogP contribution in [-0.4, -0.2) is 33.1 Å². The molecule has 0 aliphatic carbocycles. The molecule has 0 bridgehead atoms. The molecule has 0 fully saturated rings. The average Bonchev–Trinajstić information content (AvgIpc) is 3.08. The first-order valence-corrected chi connectivity index (χ1v) is 9.21. The number of hydrogen-bond donors (Lipinski definition) is 1. The zero-order valence-corrected chi connectivity index (χ0v) is 15.2. The van der Waals surface area contributed by atoms with Crippen molar-refractivity contribution in [2.75, 3.05) is 12.4 Å². The van der Waals surface area contributed by atoms with Gasteiger partial charge < -0.3 is 9.84 Å². The van der Waals surface area contributed by atoms with Crippen molar-refractivity contribution in [2.45, 2.75) is 25.1 Å². The summed E-state index contributed by atoms with van der Waals surface area (Å²) in [7, 11) is 0. The summed E-state index contributed by atoms with van der Waals surface area (Å²) < 4.78 is 7.67. The van der Waals surface area contributed by atoms with Gasteiger partial charge in [-0.15, -0.1) is 0 Å². The van der Waals surface area contributed by atoms with Gasteiger partial charge in [0.1, 0.15) is 12.4 Å². The van der Waals surface area contributed by atoms with E-state index in [9.17, 15) is 5.11 Å². The summed E-state index contributed by atoms with van der Waals surface area (Å²) in [5.74, 6) is 1.30. The lowest BCUT2D eigenvalue weighted by molar-refractivity contribution is 0.126. The number of aryl methyl sites for hydroxylation is 2. The van der Waals surface area contributed by atoms with Gasteiger partial charge in [-0.3, -0.25) is 4.57 Å². The number of benzene rings is 2. The van der Waals surface area contributed by atoms with Crippen molar-refractivity contribution in [3.05, 3.63) is 72.1 Å². The molecular formula is C20H22N2O2S. The van der Waals surface area contributed by atoms with Crippen LogP contribution in [-0.2, 0) is 0 Å². The third kappa shape index (κ3) is 4.87. The smallest absolute Gasteiger partial charge is 0.172 e. The van der Waals surface area contributed by atoms with Gasteiger partial charge in [0.2, 0.25) is 0 Å². The number of thioether (sulfide) groups is 1. The summed E-state index contributed by atoms with van der Waals surface area (Å²) in [4.78, 5) is 4.40. The highest BCUT2D eigenvalue weighted by Gasteiger charge is 2.11. The normalized spacial score (nSPS) is 12.1. The maximum Gasteiger partial charge on any atom is 0.172 e. The van der Waals surface area contributed by atoms with Crippen molar-refractivity contribution in [3.63, 3.8) is 0 Å². The first-order valence-electron chi connectivity index (χ1n) is 8.22. The maximum absolute atomic E-state index is 10.2. The molecule has 0 spiro atoms. The van der Waals surface area contributed by atoms with Gasteiger partial charge in [-0.1, -0.05) is 41.6 Å². The maximum atomic E-state index is 10.2. The van der Waals surface area contributed by atoms with Gasteiger partial charge in [-0.2, -0.15) is 0 Å². The highest BCUT2D eigenvalue weighted by Crippen LogP contribution is 2.22. The molecule has 1 heterocycles. The number of aromatic nitrogens is 2. The van der Waals surface area contributed by atoms with Crippen LogP contribution in [0, 0.1) is 13.8 Å². The summed E-state index contributed by atoms with van der Waals surface area (Å²) in [6.07, 6.45) is 3.15. The molecule has 1 N–H and O–H groups in total. The molecule has 1 unspecified atom stereocenters. The van der Waals surface area contributed by atoms with Crippen molar-refractivity contribution in [1.29, 1.82) is 0 Å². The van der Waals surface area contributed by atoms with Gasteiger partial charge in [-0.25, -0.2) is 4.98 Å². The molecule has 0 saturated carbocycles. The van der Waals surface area contributed by atoms with Crippen molar-refractivity contribution in [2.24, 2.45) is 0 Å². The molecular weight excluding hydrogens is 332 g/mol. The predicted molar refractivity (Wildman–Crippen MR) is 102 cm³/mol. The molecule has 4 nitrogen and oxygen atoms in total. The summed E-state index contributed by atoms with van der Waals surface area (Å²) in [5, 5.41) is 11.0. The summed E-state index contributed by atoms with van der Waals surface area (Å²) in [6.45, 7) is 4.37. The zero-order chi connectivity index (χ0) is 17.6. The SMILES string of the molecule is Cc1ccc(OCC(O)CSc2nccn2-c2cccc(C)c2)cc1. The monoisotopic (exact) mass is 354 g/mol. The van der Waals surface area contributed by atoms with Gasteiger partial charge in [0.15, 0.2) is 5.16 Å². The molecule has 0 saturated heterocycles. The second-order valence-electron chi connectivity index (χ2n) is 6.01. The van der Waals surface area contributed by atoms with Crippen LogP contribution in [0.3, 0.4) is 0 Å². The van der Waals surface area contributed by atoms with E-state index in [0.717, 1.165) is 16.6 Å². The minimum Gasteiger partial charge on any atom is -0.491 e. The fourth-order valence-corrected chi connectivity index (χ4v) is 3.30.